The number of nitrogens with zero attached hydrogens (tertiary/aromatic N) is 1. The predicted molar refractivity (Wildman–Crippen MR) is 129 cm³/mol. The number of sulfonamides is 1. The third-order valence-electron chi connectivity index (χ3n) is 5.70. The molecule has 0 saturated carbocycles. The first kappa shape index (κ1) is 26.6. The van der Waals surface area contributed by atoms with Crippen molar-refractivity contribution in [2.45, 2.75) is 24.3 Å². The van der Waals surface area contributed by atoms with Crippen LogP contribution in [0.3, 0.4) is 0 Å². The summed E-state index contributed by atoms with van der Waals surface area (Å²) < 4.78 is 54.1. The summed E-state index contributed by atoms with van der Waals surface area (Å²) in [6.45, 7) is 1.63. The lowest BCUT2D eigenvalue weighted by Crippen LogP contribution is -2.40. The van der Waals surface area contributed by atoms with Crippen molar-refractivity contribution in [3.63, 3.8) is 0 Å². The molecule has 0 unspecified atom stereocenters. The third-order valence-corrected chi connectivity index (χ3v) is 7.59. The van der Waals surface area contributed by atoms with Gasteiger partial charge in [-0.15, -0.1) is 0 Å². The zero-order valence-electron chi connectivity index (χ0n) is 20.5. The van der Waals surface area contributed by atoms with Crippen molar-refractivity contribution in [2.24, 2.45) is 0 Å². The molecule has 192 valence electrons. The lowest BCUT2D eigenvalue weighted by molar-refractivity contribution is -0.121. The normalized spacial score (nSPS) is 14.3. The minimum Gasteiger partial charge on any atom is -0.496 e. The number of methoxy groups -OCH3 is 4. The molecule has 2 aromatic rings. The second-order valence-corrected chi connectivity index (χ2v) is 9.74. The lowest BCUT2D eigenvalue weighted by atomic mass is 10.1. The molecular formula is C24H32N2O8S. The van der Waals surface area contributed by atoms with Gasteiger partial charge in [0, 0.05) is 26.1 Å². The topological polar surface area (TPSA) is 113 Å². The fourth-order valence-electron chi connectivity index (χ4n) is 3.82. The Hall–Kier alpha value is -3.02. The maximum absolute atomic E-state index is 13.0. The Balaban J connectivity index is 1.67. The van der Waals surface area contributed by atoms with Gasteiger partial charge in [0.2, 0.25) is 21.7 Å². The quantitative estimate of drug-likeness (QED) is 0.491. The van der Waals surface area contributed by atoms with Crippen LogP contribution in [0.4, 0.5) is 0 Å². The Labute approximate surface area is 206 Å². The van der Waals surface area contributed by atoms with Crippen molar-refractivity contribution in [1.29, 1.82) is 0 Å². The number of carbonyl (C=O) groups excluding carboxylic acids is 1. The highest BCUT2D eigenvalue weighted by atomic mass is 32.2. The van der Waals surface area contributed by atoms with Crippen LogP contribution in [-0.4, -0.2) is 73.4 Å². The average Bonchev–Trinajstić information content (AvgIpc) is 2.90. The van der Waals surface area contributed by atoms with Crippen molar-refractivity contribution in [1.82, 2.24) is 9.62 Å². The standard InChI is InChI=1S/C24H32N2O8S/c1-30-20-7-6-19(35(28,29)26-9-11-34-12-10-26)15-18(20)5-8-23(27)25-16-17-13-21(31-2)24(33-4)22(14-17)32-3/h6-7,13-15H,5,8-12,16H2,1-4H3,(H,25,27). The number of nitrogens with one attached hydrogen (secondary N) is 1. The van der Waals surface area contributed by atoms with Crippen molar-refractivity contribution in [2.75, 3.05) is 54.7 Å². The van der Waals surface area contributed by atoms with Gasteiger partial charge in [-0.3, -0.25) is 4.79 Å². The van der Waals surface area contributed by atoms with Gasteiger partial charge < -0.3 is 29.0 Å². The van der Waals surface area contributed by atoms with Gasteiger partial charge in [-0.1, -0.05) is 0 Å². The van der Waals surface area contributed by atoms with Gasteiger partial charge in [0.05, 0.1) is 46.5 Å². The molecule has 1 fully saturated rings. The summed E-state index contributed by atoms with van der Waals surface area (Å²) >= 11 is 0. The molecule has 1 saturated heterocycles. The number of aryl methyl sites for hydroxylation is 1. The van der Waals surface area contributed by atoms with Crippen molar-refractivity contribution >= 4 is 15.9 Å². The summed E-state index contributed by atoms with van der Waals surface area (Å²) in [5.41, 5.74) is 1.42. The van der Waals surface area contributed by atoms with Gasteiger partial charge in [0.25, 0.3) is 0 Å². The summed E-state index contributed by atoms with van der Waals surface area (Å²) in [7, 11) is 2.44. The molecule has 0 atom stereocenters. The Morgan fingerprint density at radius 1 is 0.943 bits per heavy atom. The van der Waals surface area contributed by atoms with Crippen LogP contribution in [-0.2, 0) is 32.5 Å². The van der Waals surface area contributed by atoms with E-state index in [0.717, 1.165) is 5.56 Å². The maximum Gasteiger partial charge on any atom is 0.243 e. The average molecular weight is 509 g/mol. The molecular weight excluding hydrogens is 476 g/mol. The molecule has 1 aliphatic heterocycles. The number of morpholine rings is 1. The fraction of sp³-hybridized carbons (Fsp3) is 0.458. The van der Waals surface area contributed by atoms with Gasteiger partial charge in [0.1, 0.15) is 5.75 Å². The zero-order valence-corrected chi connectivity index (χ0v) is 21.3. The van der Waals surface area contributed by atoms with Crippen molar-refractivity contribution < 1.29 is 36.9 Å². The van der Waals surface area contributed by atoms with Crippen LogP contribution >= 0.6 is 0 Å². The van der Waals surface area contributed by atoms with Gasteiger partial charge in [-0.25, -0.2) is 8.42 Å². The number of ether oxygens (including phenoxy) is 5. The van der Waals surface area contributed by atoms with Crippen molar-refractivity contribution in [3.8, 4) is 23.0 Å². The number of hydrogen-bond acceptors (Lipinski definition) is 8. The summed E-state index contributed by atoms with van der Waals surface area (Å²) in [6.07, 6.45) is 0.471. The number of benzene rings is 2. The second kappa shape index (κ2) is 12.1. The van der Waals surface area contributed by atoms with Gasteiger partial charge >= 0.3 is 0 Å². The number of carbonyl (C=O) groups is 1. The number of hydrogen-bond donors (Lipinski definition) is 1. The minimum absolute atomic E-state index is 0.155. The summed E-state index contributed by atoms with van der Waals surface area (Å²) in [6, 6.07) is 8.26. The Bertz CT molecular complexity index is 1110. The van der Waals surface area contributed by atoms with Gasteiger partial charge in [-0.05, 0) is 47.9 Å². The highest BCUT2D eigenvalue weighted by Gasteiger charge is 2.27. The van der Waals surface area contributed by atoms with Gasteiger partial charge in [-0.2, -0.15) is 4.31 Å². The number of rotatable bonds is 11. The largest absolute Gasteiger partial charge is 0.496 e. The fourth-order valence-corrected chi connectivity index (χ4v) is 5.28. The first-order valence-corrected chi connectivity index (χ1v) is 12.6. The summed E-state index contributed by atoms with van der Waals surface area (Å²) in [5.74, 6) is 1.81. The van der Waals surface area contributed by atoms with E-state index in [4.69, 9.17) is 23.7 Å². The highest BCUT2D eigenvalue weighted by Crippen LogP contribution is 2.38. The molecule has 0 bridgehead atoms. The Morgan fingerprint density at radius 3 is 2.14 bits per heavy atom. The summed E-state index contributed by atoms with van der Waals surface area (Å²) in [5, 5.41) is 2.87. The van der Waals surface area contributed by atoms with E-state index >= 15 is 0 Å². The lowest BCUT2D eigenvalue weighted by Gasteiger charge is -2.26. The molecule has 0 aliphatic carbocycles. The van der Waals surface area contributed by atoms with Crippen LogP contribution in [0.15, 0.2) is 35.2 Å². The minimum atomic E-state index is -3.65. The van der Waals surface area contributed by atoms with E-state index in [1.54, 1.807) is 24.3 Å². The highest BCUT2D eigenvalue weighted by molar-refractivity contribution is 7.89. The predicted octanol–water partition coefficient (Wildman–Crippen LogP) is 1.99. The SMILES string of the molecule is COc1ccc(S(=O)(=O)N2CCOCC2)cc1CCC(=O)NCc1cc(OC)c(OC)c(OC)c1. The molecule has 0 aromatic heterocycles. The van der Waals surface area contributed by atoms with E-state index in [1.807, 2.05) is 0 Å². The molecule has 1 N–H and O–H groups in total. The Morgan fingerprint density at radius 2 is 1.57 bits per heavy atom. The molecule has 1 aliphatic rings. The van der Waals surface area contributed by atoms with E-state index in [2.05, 4.69) is 5.32 Å². The van der Waals surface area contributed by atoms with Crippen LogP contribution in [0.25, 0.3) is 0 Å². The third kappa shape index (κ3) is 6.36. The van der Waals surface area contributed by atoms with E-state index in [1.165, 1.54) is 38.8 Å². The molecule has 1 heterocycles. The Kier molecular flexibility index (Phi) is 9.19. The van der Waals surface area contributed by atoms with E-state index in [9.17, 15) is 13.2 Å². The van der Waals surface area contributed by atoms with E-state index in [-0.39, 0.29) is 23.8 Å². The summed E-state index contributed by atoms with van der Waals surface area (Å²) in [4.78, 5) is 12.7. The van der Waals surface area contributed by atoms with Crippen LogP contribution in [0, 0.1) is 0 Å². The monoisotopic (exact) mass is 508 g/mol. The molecule has 3 rings (SSSR count). The van der Waals surface area contributed by atoms with Crippen LogP contribution in [0.5, 0.6) is 23.0 Å². The van der Waals surface area contributed by atoms with E-state index in [0.29, 0.717) is 61.3 Å². The molecule has 35 heavy (non-hydrogen) atoms. The first-order valence-electron chi connectivity index (χ1n) is 11.1. The molecule has 2 aromatic carbocycles. The van der Waals surface area contributed by atoms with Crippen molar-refractivity contribution in [3.05, 3.63) is 41.5 Å². The molecule has 0 spiro atoms. The van der Waals surface area contributed by atoms with Crippen LogP contribution in [0.2, 0.25) is 0 Å². The van der Waals surface area contributed by atoms with Gasteiger partial charge in [0.15, 0.2) is 11.5 Å². The second-order valence-electron chi connectivity index (χ2n) is 7.80. The van der Waals surface area contributed by atoms with E-state index < -0.39 is 10.0 Å². The smallest absolute Gasteiger partial charge is 0.243 e. The number of amides is 1. The molecule has 1 amide bonds. The first-order chi connectivity index (χ1) is 16.8. The molecule has 0 radical (unpaired) electrons. The molecule has 11 heteroatoms. The van der Waals surface area contributed by atoms with Crippen LogP contribution in [0.1, 0.15) is 17.5 Å². The molecule has 10 nitrogen and oxygen atoms in total. The van der Waals surface area contributed by atoms with Crippen LogP contribution < -0.4 is 24.3 Å². The maximum atomic E-state index is 13.0. The zero-order chi connectivity index (χ0) is 25.4.